The van der Waals surface area contributed by atoms with Crippen molar-refractivity contribution in [2.75, 3.05) is 14.2 Å². The first-order valence-corrected chi connectivity index (χ1v) is 3.38. The van der Waals surface area contributed by atoms with Crippen LogP contribution in [-0.2, 0) is 26.2 Å². The van der Waals surface area contributed by atoms with Crippen molar-refractivity contribution in [1.29, 1.82) is 0 Å². The molecule has 0 heterocycles. The fourth-order valence-electron chi connectivity index (χ4n) is 0. The van der Waals surface area contributed by atoms with Crippen molar-refractivity contribution in [3.63, 3.8) is 0 Å². The molecule has 82 valence electrons. The second kappa shape index (κ2) is 38.7. The van der Waals surface area contributed by atoms with Crippen LogP contribution in [0.5, 0.6) is 0 Å². The van der Waals surface area contributed by atoms with E-state index in [-0.39, 0.29) is 26.2 Å². The van der Waals surface area contributed by atoms with Crippen LogP contribution in [0.15, 0.2) is 0 Å². The second-order valence-electron chi connectivity index (χ2n) is 1.70. The van der Waals surface area contributed by atoms with Crippen LogP contribution in [0.25, 0.3) is 0 Å². The first-order chi connectivity index (χ1) is 5.46. The molecule has 13 heavy (non-hydrogen) atoms. The van der Waals surface area contributed by atoms with Gasteiger partial charge in [-0.15, -0.1) is 0 Å². The second-order valence-corrected chi connectivity index (χ2v) is 1.70. The van der Waals surface area contributed by atoms with Crippen molar-refractivity contribution in [2.24, 2.45) is 0 Å². The van der Waals surface area contributed by atoms with Gasteiger partial charge >= 0.3 is 26.2 Å². The van der Waals surface area contributed by atoms with E-state index in [0.717, 1.165) is 14.2 Å². The fourth-order valence-corrected chi connectivity index (χ4v) is 0. The van der Waals surface area contributed by atoms with E-state index < -0.39 is 12.2 Å². The largest absolute Gasteiger partial charge is 2.00 e. The van der Waals surface area contributed by atoms with Gasteiger partial charge in [0.05, 0.1) is 0 Å². The maximum absolute atomic E-state index is 7.94. The molecule has 0 aromatic rings. The minimum atomic E-state index is -0.417. The van der Waals surface area contributed by atoms with Crippen molar-refractivity contribution >= 4 is 0 Å². The zero-order valence-electron chi connectivity index (χ0n) is 8.86. The summed E-state index contributed by atoms with van der Waals surface area (Å²) in [6, 6.07) is 0. The Morgan fingerprint density at radius 2 is 0.769 bits per heavy atom. The maximum atomic E-state index is 7.94. The Hall–Kier alpha value is 0.723. The summed E-state index contributed by atoms with van der Waals surface area (Å²) in [5.41, 5.74) is 0. The molecule has 0 aromatic heterocycles. The van der Waals surface area contributed by atoms with Crippen LogP contribution >= 0.6 is 0 Å². The van der Waals surface area contributed by atoms with Gasteiger partial charge in [0.25, 0.3) is 0 Å². The summed E-state index contributed by atoms with van der Waals surface area (Å²) in [5, 5.41) is 29.9. The molecular weight excluding hydrogens is 251 g/mol. The molecule has 4 nitrogen and oxygen atoms in total. The SMILES string of the molecule is CO.CO.[CH2-]C(C)O.[CH2-]C(C)O.[Zr+2]. The summed E-state index contributed by atoms with van der Waals surface area (Å²) in [5.74, 6) is 0. The van der Waals surface area contributed by atoms with E-state index in [2.05, 4.69) is 13.8 Å². The summed E-state index contributed by atoms with van der Waals surface area (Å²) >= 11 is 0. The Morgan fingerprint density at radius 1 is 0.769 bits per heavy atom. The molecule has 0 spiro atoms. The first kappa shape index (κ1) is 29.2. The van der Waals surface area contributed by atoms with E-state index in [1.165, 1.54) is 0 Å². The minimum Gasteiger partial charge on any atom is -0.426 e. The van der Waals surface area contributed by atoms with E-state index in [4.69, 9.17) is 20.4 Å². The zero-order chi connectivity index (χ0) is 11.2. The van der Waals surface area contributed by atoms with Crippen LogP contribution in [0, 0.1) is 13.8 Å². The third-order valence-corrected chi connectivity index (χ3v) is 0. The van der Waals surface area contributed by atoms with Crippen LogP contribution in [0.4, 0.5) is 0 Å². The monoisotopic (exact) mass is 272 g/mol. The van der Waals surface area contributed by atoms with Gasteiger partial charge < -0.3 is 34.3 Å². The van der Waals surface area contributed by atoms with Gasteiger partial charge in [0.15, 0.2) is 0 Å². The van der Waals surface area contributed by atoms with Crippen LogP contribution in [0.3, 0.4) is 0 Å². The van der Waals surface area contributed by atoms with Gasteiger partial charge in [0, 0.05) is 14.2 Å². The molecule has 0 rings (SSSR count). The maximum Gasteiger partial charge on any atom is 2.00 e. The summed E-state index contributed by atoms with van der Waals surface area (Å²) in [6.07, 6.45) is -0.833. The van der Waals surface area contributed by atoms with E-state index in [0.29, 0.717) is 0 Å². The van der Waals surface area contributed by atoms with Gasteiger partial charge in [-0.05, 0) is 0 Å². The summed E-state index contributed by atoms with van der Waals surface area (Å²) in [6.45, 7) is 9.61. The molecule has 0 saturated carbocycles. The quantitative estimate of drug-likeness (QED) is 0.454. The molecule has 0 aliphatic carbocycles. The number of hydrogen-bond donors (Lipinski definition) is 4. The Balaban J connectivity index is -0.0000000226. The third-order valence-electron chi connectivity index (χ3n) is 0. The van der Waals surface area contributed by atoms with Gasteiger partial charge in [0.1, 0.15) is 0 Å². The molecule has 0 radical (unpaired) electrons. The average Bonchev–Trinajstić information content (AvgIpc) is 1.93. The van der Waals surface area contributed by atoms with Crippen molar-refractivity contribution in [2.45, 2.75) is 26.1 Å². The van der Waals surface area contributed by atoms with Gasteiger partial charge in [-0.3, -0.25) is 0 Å². The van der Waals surface area contributed by atoms with Gasteiger partial charge in [0.2, 0.25) is 0 Å². The van der Waals surface area contributed by atoms with Crippen molar-refractivity contribution in [3.8, 4) is 0 Å². The van der Waals surface area contributed by atoms with Crippen LogP contribution in [0.2, 0.25) is 0 Å². The van der Waals surface area contributed by atoms with Gasteiger partial charge in [-0.2, -0.15) is 0 Å². The van der Waals surface area contributed by atoms with E-state index >= 15 is 0 Å². The Bertz CT molecular complexity index is 31.6. The molecule has 2 atom stereocenters. The molecule has 4 N–H and O–H groups in total. The summed E-state index contributed by atoms with van der Waals surface area (Å²) in [7, 11) is 2.00. The van der Waals surface area contributed by atoms with E-state index in [1.54, 1.807) is 13.8 Å². The number of aliphatic hydroxyl groups is 4. The summed E-state index contributed by atoms with van der Waals surface area (Å²) < 4.78 is 0. The Kier molecular flexibility index (Phi) is 86.9. The molecule has 0 amide bonds. The van der Waals surface area contributed by atoms with Crippen LogP contribution in [0.1, 0.15) is 13.8 Å². The smallest absolute Gasteiger partial charge is 0.426 e. The molecule has 0 aliphatic heterocycles. The molecule has 0 aromatic carbocycles. The molecule has 0 aliphatic rings. The average molecular weight is 273 g/mol. The predicted octanol–water partition coefficient (Wildman–Crippen LogP) is -0.383. The summed E-state index contributed by atoms with van der Waals surface area (Å²) in [4.78, 5) is 0. The molecule has 5 heteroatoms. The number of rotatable bonds is 0. The topological polar surface area (TPSA) is 80.9 Å². The van der Waals surface area contributed by atoms with Crippen LogP contribution < -0.4 is 0 Å². The Morgan fingerprint density at radius 3 is 0.769 bits per heavy atom. The fraction of sp³-hybridized carbons (Fsp3) is 0.750. The van der Waals surface area contributed by atoms with Crippen molar-refractivity contribution in [1.82, 2.24) is 0 Å². The van der Waals surface area contributed by atoms with Crippen LogP contribution in [-0.4, -0.2) is 46.9 Å². The third kappa shape index (κ3) is 2800. The number of aliphatic hydroxyl groups excluding tert-OH is 4. The molecule has 0 bridgehead atoms. The normalized spacial score (nSPS) is 10.6. The van der Waals surface area contributed by atoms with Crippen molar-refractivity contribution in [3.05, 3.63) is 13.8 Å². The zero-order valence-corrected chi connectivity index (χ0v) is 11.3. The van der Waals surface area contributed by atoms with Crippen molar-refractivity contribution < 1.29 is 46.6 Å². The number of hydrogen-bond acceptors (Lipinski definition) is 4. The molecule has 2 unspecified atom stereocenters. The van der Waals surface area contributed by atoms with Gasteiger partial charge in [-0.25, -0.2) is 0 Å². The minimum absolute atomic E-state index is 0. The standard InChI is InChI=1S/2C3H7O.2CH4O.Zr/c2*1-3(2)4;2*1-2;/h2*3-4H,1H2,2H3;2*2H,1H3;/q2*-1;;;+2. The predicted molar refractivity (Wildman–Crippen MR) is 50.4 cm³/mol. The van der Waals surface area contributed by atoms with Gasteiger partial charge in [-0.1, -0.05) is 26.1 Å². The van der Waals surface area contributed by atoms with E-state index in [1.807, 2.05) is 0 Å². The molecule has 0 fully saturated rings. The molecule has 0 saturated heterocycles. The first-order valence-electron chi connectivity index (χ1n) is 3.38. The molecular formula is C8H22O4Zr. The Labute approximate surface area is 101 Å². The van der Waals surface area contributed by atoms with E-state index in [9.17, 15) is 0 Å².